The molecule has 0 saturated heterocycles. The Kier molecular flexibility index (Phi) is 2.89. The van der Waals surface area contributed by atoms with Gasteiger partial charge in [-0.3, -0.25) is 9.36 Å². The van der Waals surface area contributed by atoms with Crippen molar-refractivity contribution in [2.24, 2.45) is 7.05 Å². The van der Waals surface area contributed by atoms with E-state index in [0.717, 1.165) is 16.5 Å². The third-order valence-electron chi connectivity index (χ3n) is 3.19. The molecular formula is C13H13F2N5. The molecule has 0 atom stereocenters. The summed E-state index contributed by atoms with van der Waals surface area (Å²) < 4.78 is 27.6. The fraction of sp³-hybridized carbons (Fsp3) is 0.231. The molecule has 3 rings (SSSR count). The highest BCUT2D eigenvalue weighted by Crippen LogP contribution is 2.30. The summed E-state index contributed by atoms with van der Waals surface area (Å²) in [4.78, 5) is 0. The van der Waals surface area contributed by atoms with Crippen molar-refractivity contribution in [1.29, 1.82) is 0 Å². The van der Waals surface area contributed by atoms with Crippen molar-refractivity contribution in [3.63, 3.8) is 0 Å². The largest absolute Gasteiger partial charge is 0.398 e. The van der Waals surface area contributed by atoms with Crippen LogP contribution in [0.5, 0.6) is 0 Å². The van der Waals surface area contributed by atoms with Crippen LogP contribution in [0.4, 0.5) is 14.5 Å². The monoisotopic (exact) mass is 277 g/mol. The van der Waals surface area contributed by atoms with Gasteiger partial charge in [-0.15, -0.1) is 0 Å². The van der Waals surface area contributed by atoms with Crippen LogP contribution in [-0.2, 0) is 13.6 Å². The van der Waals surface area contributed by atoms with E-state index in [0.29, 0.717) is 11.3 Å². The van der Waals surface area contributed by atoms with Crippen LogP contribution < -0.4 is 5.73 Å². The van der Waals surface area contributed by atoms with Crippen LogP contribution in [0.3, 0.4) is 0 Å². The van der Waals surface area contributed by atoms with Gasteiger partial charge in [0.15, 0.2) is 0 Å². The summed E-state index contributed by atoms with van der Waals surface area (Å²) in [6, 6.07) is 3.71. The minimum Gasteiger partial charge on any atom is -0.398 e. The lowest BCUT2D eigenvalue weighted by atomic mass is 10.1. The van der Waals surface area contributed by atoms with Crippen molar-refractivity contribution in [2.45, 2.75) is 13.0 Å². The molecule has 0 aliphatic carbocycles. The molecule has 0 aliphatic heterocycles. The third kappa shape index (κ3) is 2.11. The molecular weight excluding hydrogens is 264 g/mol. The normalized spacial score (nSPS) is 11.6. The molecule has 0 aliphatic rings. The predicted octanol–water partition coefficient (Wildman–Crippen LogP) is 2.28. The second kappa shape index (κ2) is 4.59. The lowest BCUT2D eigenvalue weighted by Crippen LogP contribution is -2.06. The number of nitrogens with zero attached hydrogens (tertiary/aromatic N) is 4. The molecule has 3 aromatic rings. The average molecular weight is 277 g/mol. The topological polar surface area (TPSA) is 61.7 Å². The SMILES string of the molecule is Cn1ncc2cc(N)c(-c3cnn(CC(F)F)c3)cc21. The van der Waals surface area contributed by atoms with Crippen LogP contribution in [0.2, 0.25) is 0 Å². The Bertz CT molecular complexity index is 759. The first-order valence-electron chi connectivity index (χ1n) is 6.07. The second-order valence-electron chi connectivity index (χ2n) is 4.61. The highest BCUT2D eigenvalue weighted by atomic mass is 19.3. The van der Waals surface area contributed by atoms with Crippen molar-refractivity contribution in [2.75, 3.05) is 5.73 Å². The zero-order valence-electron chi connectivity index (χ0n) is 10.8. The average Bonchev–Trinajstić information content (AvgIpc) is 2.96. The van der Waals surface area contributed by atoms with Crippen LogP contribution in [0.25, 0.3) is 22.0 Å². The maximum atomic E-state index is 12.3. The molecule has 1 aromatic carbocycles. The maximum absolute atomic E-state index is 12.3. The first-order valence-corrected chi connectivity index (χ1v) is 6.07. The highest BCUT2D eigenvalue weighted by Gasteiger charge is 2.11. The van der Waals surface area contributed by atoms with Gasteiger partial charge in [0.1, 0.15) is 6.54 Å². The fourth-order valence-electron chi connectivity index (χ4n) is 2.21. The zero-order valence-corrected chi connectivity index (χ0v) is 10.8. The molecule has 0 radical (unpaired) electrons. The molecule has 20 heavy (non-hydrogen) atoms. The smallest absolute Gasteiger partial charge is 0.257 e. The van der Waals surface area contributed by atoms with Gasteiger partial charge in [-0.25, -0.2) is 8.78 Å². The Labute approximate surface area is 113 Å². The fourth-order valence-corrected chi connectivity index (χ4v) is 2.21. The molecule has 5 nitrogen and oxygen atoms in total. The molecule has 0 bridgehead atoms. The minimum absolute atomic E-state index is 0.423. The number of alkyl halides is 2. The van der Waals surface area contributed by atoms with Gasteiger partial charge in [-0.1, -0.05) is 0 Å². The van der Waals surface area contributed by atoms with E-state index in [1.165, 1.54) is 10.9 Å². The van der Waals surface area contributed by atoms with Crippen molar-refractivity contribution < 1.29 is 8.78 Å². The van der Waals surface area contributed by atoms with E-state index in [1.54, 1.807) is 17.1 Å². The molecule has 2 heterocycles. The summed E-state index contributed by atoms with van der Waals surface area (Å²) in [7, 11) is 1.84. The van der Waals surface area contributed by atoms with Crippen LogP contribution in [-0.4, -0.2) is 26.0 Å². The van der Waals surface area contributed by atoms with Gasteiger partial charge < -0.3 is 5.73 Å². The number of anilines is 1. The summed E-state index contributed by atoms with van der Waals surface area (Å²) in [5.41, 5.74) is 8.99. The van der Waals surface area contributed by atoms with Gasteiger partial charge >= 0.3 is 0 Å². The number of nitrogens with two attached hydrogens (primary N) is 1. The summed E-state index contributed by atoms with van der Waals surface area (Å²) in [5, 5.41) is 9.02. The number of aromatic nitrogens is 4. The Morgan fingerprint density at radius 3 is 2.80 bits per heavy atom. The number of rotatable bonds is 3. The number of halogens is 2. The van der Waals surface area contributed by atoms with Gasteiger partial charge in [-0.05, 0) is 12.1 Å². The van der Waals surface area contributed by atoms with E-state index in [2.05, 4.69) is 10.2 Å². The van der Waals surface area contributed by atoms with E-state index in [9.17, 15) is 8.78 Å². The van der Waals surface area contributed by atoms with Crippen molar-refractivity contribution in [3.05, 3.63) is 30.7 Å². The van der Waals surface area contributed by atoms with Crippen LogP contribution in [0, 0.1) is 0 Å². The number of hydrogen-bond acceptors (Lipinski definition) is 3. The zero-order chi connectivity index (χ0) is 14.3. The highest BCUT2D eigenvalue weighted by molar-refractivity contribution is 5.91. The van der Waals surface area contributed by atoms with E-state index in [4.69, 9.17) is 5.73 Å². The molecule has 0 fully saturated rings. The van der Waals surface area contributed by atoms with Crippen LogP contribution in [0.1, 0.15) is 0 Å². The molecule has 2 N–H and O–H groups in total. The van der Waals surface area contributed by atoms with E-state index >= 15 is 0 Å². The molecule has 7 heteroatoms. The predicted molar refractivity (Wildman–Crippen MR) is 72.4 cm³/mol. The van der Waals surface area contributed by atoms with Gasteiger partial charge in [0.25, 0.3) is 6.43 Å². The lowest BCUT2D eigenvalue weighted by molar-refractivity contribution is 0.122. The summed E-state index contributed by atoms with van der Waals surface area (Å²) in [6.07, 6.45) is 2.41. The first kappa shape index (κ1) is 12.6. The standard InChI is InChI=1S/C13H13F2N5/c1-19-12-3-10(11(16)2-8(12)4-17-19)9-5-18-20(6-9)7-13(14)15/h2-6,13H,7,16H2,1H3. The molecule has 0 saturated carbocycles. The molecule has 0 amide bonds. The van der Waals surface area contributed by atoms with E-state index < -0.39 is 13.0 Å². The van der Waals surface area contributed by atoms with Crippen molar-refractivity contribution in [1.82, 2.24) is 19.6 Å². The van der Waals surface area contributed by atoms with Crippen LogP contribution >= 0.6 is 0 Å². The summed E-state index contributed by atoms with van der Waals surface area (Å²) >= 11 is 0. The Balaban J connectivity index is 2.06. The van der Waals surface area contributed by atoms with E-state index in [1.807, 2.05) is 19.2 Å². The number of hydrogen-bond donors (Lipinski definition) is 1. The van der Waals surface area contributed by atoms with Crippen LogP contribution in [0.15, 0.2) is 30.7 Å². The summed E-state index contributed by atoms with van der Waals surface area (Å²) in [5.74, 6) is 0. The molecule has 104 valence electrons. The number of nitrogen functional groups attached to an aromatic ring is 1. The maximum Gasteiger partial charge on any atom is 0.257 e. The Morgan fingerprint density at radius 1 is 1.25 bits per heavy atom. The minimum atomic E-state index is -2.43. The van der Waals surface area contributed by atoms with Gasteiger partial charge in [0, 0.05) is 35.4 Å². The van der Waals surface area contributed by atoms with Gasteiger partial charge in [0.05, 0.1) is 17.9 Å². The number of fused-ring (bicyclic) bond motifs is 1. The van der Waals surface area contributed by atoms with Crippen molar-refractivity contribution in [3.8, 4) is 11.1 Å². The Hall–Kier alpha value is -2.44. The number of aryl methyl sites for hydroxylation is 1. The second-order valence-corrected chi connectivity index (χ2v) is 4.61. The third-order valence-corrected chi connectivity index (χ3v) is 3.19. The quantitative estimate of drug-likeness (QED) is 0.747. The summed E-state index contributed by atoms with van der Waals surface area (Å²) in [6.45, 7) is -0.423. The van der Waals surface area contributed by atoms with E-state index in [-0.39, 0.29) is 0 Å². The first-order chi connectivity index (χ1) is 9.54. The molecule has 2 aromatic heterocycles. The van der Waals surface area contributed by atoms with Gasteiger partial charge in [0.2, 0.25) is 0 Å². The number of benzene rings is 1. The Morgan fingerprint density at radius 2 is 2.05 bits per heavy atom. The van der Waals surface area contributed by atoms with Crippen molar-refractivity contribution >= 4 is 16.6 Å². The molecule has 0 unspecified atom stereocenters. The lowest BCUT2D eigenvalue weighted by Gasteiger charge is -2.04. The van der Waals surface area contributed by atoms with Gasteiger partial charge in [-0.2, -0.15) is 10.2 Å². The molecule has 0 spiro atoms.